The first-order valence-corrected chi connectivity index (χ1v) is 10.7. The van der Waals surface area contributed by atoms with Gasteiger partial charge in [-0.15, -0.1) is 11.8 Å². The maximum Gasteiger partial charge on any atom is 0.0960 e. The Morgan fingerprint density at radius 1 is 1.00 bits per heavy atom. The smallest absolute Gasteiger partial charge is 0.0960 e. The summed E-state index contributed by atoms with van der Waals surface area (Å²) in [7, 11) is 0. The maximum atomic E-state index is 6.50. The molecule has 0 unspecified atom stereocenters. The van der Waals surface area contributed by atoms with Crippen LogP contribution in [-0.2, 0) is 6.42 Å². The summed E-state index contributed by atoms with van der Waals surface area (Å²) in [5, 5.41) is 1.18. The predicted molar refractivity (Wildman–Crippen MR) is 106 cm³/mol. The summed E-state index contributed by atoms with van der Waals surface area (Å²) >= 11 is 1.92. The molecule has 2 nitrogen and oxygen atoms in total. The number of hydrogen-bond donors (Lipinski definition) is 1. The van der Waals surface area contributed by atoms with Crippen LogP contribution in [0.15, 0.2) is 47.6 Å². The molecule has 0 radical (unpaired) electrons. The summed E-state index contributed by atoms with van der Waals surface area (Å²) < 4.78 is 0. The SMILES string of the molecule is N[C@H]1CC[C@H](c2ccc(SCC3CC3)nc2)CCCc2ccccc21. The van der Waals surface area contributed by atoms with Crippen molar-refractivity contribution in [3.8, 4) is 0 Å². The highest BCUT2D eigenvalue weighted by molar-refractivity contribution is 7.99. The molecule has 1 aromatic heterocycles. The lowest BCUT2D eigenvalue weighted by molar-refractivity contribution is 0.509. The molecule has 0 amide bonds. The first-order chi connectivity index (χ1) is 12.3. The number of nitrogens with zero attached hydrogens (tertiary/aromatic N) is 1. The lowest BCUT2D eigenvalue weighted by atomic mass is 9.90. The molecule has 2 aromatic rings. The number of aryl methyl sites for hydroxylation is 1. The van der Waals surface area contributed by atoms with Crippen molar-refractivity contribution in [3.63, 3.8) is 0 Å². The number of pyridine rings is 1. The Morgan fingerprint density at radius 2 is 1.88 bits per heavy atom. The van der Waals surface area contributed by atoms with E-state index in [0.717, 1.165) is 25.2 Å². The van der Waals surface area contributed by atoms with Gasteiger partial charge in [0.1, 0.15) is 0 Å². The minimum absolute atomic E-state index is 0.165. The van der Waals surface area contributed by atoms with Crippen LogP contribution in [0.4, 0.5) is 0 Å². The van der Waals surface area contributed by atoms with Crippen LogP contribution in [0.3, 0.4) is 0 Å². The van der Waals surface area contributed by atoms with Crippen molar-refractivity contribution in [2.45, 2.75) is 61.9 Å². The van der Waals surface area contributed by atoms with Crippen LogP contribution in [0.5, 0.6) is 0 Å². The first-order valence-electron chi connectivity index (χ1n) is 9.72. The quantitative estimate of drug-likeness (QED) is 0.740. The highest BCUT2D eigenvalue weighted by Crippen LogP contribution is 2.36. The molecule has 2 atom stereocenters. The minimum atomic E-state index is 0.165. The molecule has 2 aliphatic rings. The van der Waals surface area contributed by atoms with E-state index in [1.165, 1.54) is 53.2 Å². The fraction of sp³-hybridized carbons (Fsp3) is 0.500. The first kappa shape index (κ1) is 17.1. The maximum absolute atomic E-state index is 6.50. The van der Waals surface area contributed by atoms with Gasteiger partial charge in [-0.25, -0.2) is 4.98 Å². The highest BCUT2D eigenvalue weighted by Gasteiger charge is 2.22. The van der Waals surface area contributed by atoms with E-state index in [0.29, 0.717) is 5.92 Å². The van der Waals surface area contributed by atoms with Crippen molar-refractivity contribution in [2.75, 3.05) is 5.75 Å². The highest BCUT2D eigenvalue weighted by atomic mass is 32.2. The van der Waals surface area contributed by atoms with Gasteiger partial charge in [0.15, 0.2) is 0 Å². The van der Waals surface area contributed by atoms with Crippen LogP contribution in [0.2, 0.25) is 0 Å². The fourth-order valence-electron chi connectivity index (χ4n) is 3.88. The molecule has 0 aliphatic heterocycles. The minimum Gasteiger partial charge on any atom is -0.324 e. The Morgan fingerprint density at radius 3 is 2.68 bits per heavy atom. The molecular weight excluding hydrogens is 324 g/mol. The molecule has 2 aliphatic carbocycles. The number of aromatic nitrogens is 1. The van der Waals surface area contributed by atoms with E-state index in [-0.39, 0.29) is 6.04 Å². The Labute approximate surface area is 155 Å². The van der Waals surface area contributed by atoms with Crippen molar-refractivity contribution in [3.05, 3.63) is 59.3 Å². The van der Waals surface area contributed by atoms with Gasteiger partial charge in [0, 0.05) is 18.0 Å². The number of rotatable bonds is 4. The largest absolute Gasteiger partial charge is 0.324 e. The van der Waals surface area contributed by atoms with Gasteiger partial charge < -0.3 is 5.73 Å². The van der Waals surface area contributed by atoms with Crippen LogP contribution >= 0.6 is 11.8 Å². The summed E-state index contributed by atoms with van der Waals surface area (Å²) in [6.45, 7) is 0. The van der Waals surface area contributed by atoms with E-state index < -0.39 is 0 Å². The molecular formula is C22H28N2S. The zero-order valence-electron chi connectivity index (χ0n) is 14.9. The Hall–Kier alpha value is -1.32. The molecule has 0 saturated heterocycles. The Balaban J connectivity index is 1.42. The molecule has 25 heavy (non-hydrogen) atoms. The summed E-state index contributed by atoms with van der Waals surface area (Å²) in [5.74, 6) is 2.78. The van der Waals surface area contributed by atoms with Gasteiger partial charge in [0.25, 0.3) is 0 Å². The summed E-state index contributed by atoms with van der Waals surface area (Å²) in [5.41, 5.74) is 10.7. The lowest BCUT2D eigenvalue weighted by Crippen LogP contribution is -2.13. The topological polar surface area (TPSA) is 38.9 Å². The molecule has 2 N–H and O–H groups in total. The van der Waals surface area contributed by atoms with E-state index in [1.54, 1.807) is 0 Å². The van der Waals surface area contributed by atoms with Crippen molar-refractivity contribution < 1.29 is 0 Å². The third kappa shape index (κ3) is 4.45. The van der Waals surface area contributed by atoms with E-state index in [4.69, 9.17) is 10.7 Å². The second-order valence-corrected chi connectivity index (χ2v) is 8.70. The standard InChI is InChI=1S/C22H28N2S/c23-21-12-10-17(5-3-6-18-4-1-2-7-20(18)21)19-11-13-22(24-14-19)25-15-16-8-9-16/h1-2,4,7,11,13-14,16-17,21H,3,5-6,8-10,12,15,23H2/t17-,21+/m1/s1. The number of nitrogens with two attached hydrogens (primary N) is 1. The molecule has 132 valence electrons. The average molecular weight is 353 g/mol. The van der Waals surface area contributed by atoms with Crippen LogP contribution in [0.25, 0.3) is 0 Å². The number of fused-ring (bicyclic) bond motifs is 1. The molecule has 1 heterocycles. The monoisotopic (exact) mass is 352 g/mol. The third-order valence-electron chi connectivity index (χ3n) is 5.67. The van der Waals surface area contributed by atoms with E-state index in [2.05, 4.69) is 42.6 Å². The van der Waals surface area contributed by atoms with Gasteiger partial charge in [-0.3, -0.25) is 0 Å². The fourth-order valence-corrected chi connectivity index (χ4v) is 4.91. The van der Waals surface area contributed by atoms with Gasteiger partial charge >= 0.3 is 0 Å². The van der Waals surface area contributed by atoms with Crippen molar-refractivity contribution in [1.29, 1.82) is 0 Å². The lowest BCUT2D eigenvalue weighted by Gasteiger charge is -2.18. The Bertz CT molecular complexity index is 693. The summed E-state index contributed by atoms with van der Waals surface area (Å²) in [6.07, 6.45) is 10.8. The van der Waals surface area contributed by atoms with E-state index in [9.17, 15) is 0 Å². The van der Waals surface area contributed by atoms with Crippen molar-refractivity contribution in [2.24, 2.45) is 11.7 Å². The normalized spacial score (nSPS) is 24.0. The molecule has 0 spiro atoms. The van der Waals surface area contributed by atoms with Crippen LogP contribution in [-0.4, -0.2) is 10.7 Å². The number of thioether (sulfide) groups is 1. The summed E-state index contributed by atoms with van der Waals surface area (Å²) in [6, 6.07) is 13.4. The third-order valence-corrected chi connectivity index (χ3v) is 6.85. The molecule has 1 fully saturated rings. The zero-order chi connectivity index (χ0) is 17.1. The average Bonchev–Trinajstić information content (AvgIpc) is 3.47. The van der Waals surface area contributed by atoms with Crippen molar-refractivity contribution in [1.82, 2.24) is 4.98 Å². The second kappa shape index (κ2) is 7.92. The van der Waals surface area contributed by atoms with Crippen molar-refractivity contribution >= 4 is 11.8 Å². The van der Waals surface area contributed by atoms with Crippen LogP contribution < -0.4 is 5.73 Å². The Kier molecular flexibility index (Phi) is 5.42. The zero-order valence-corrected chi connectivity index (χ0v) is 15.7. The molecule has 4 rings (SSSR count). The molecule has 1 aromatic carbocycles. The molecule has 1 saturated carbocycles. The van der Waals surface area contributed by atoms with Gasteiger partial charge in [0.05, 0.1) is 5.03 Å². The van der Waals surface area contributed by atoms with Crippen LogP contribution in [0, 0.1) is 5.92 Å². The second-order valence-electron chi connectivity index (χ2n) is 7.66. The van der Waals surface area contributed by atoms with E-state index >= 15 is 0 Å². The molecule has 0 bridgehead atoms. The summed E-state index contributed by atoms with van der Waals surface area (Å²) in [4.78, 5) is 4.72. The van der Waals surface area contributed by atoms with E-state index in [1.807, 2.05) is 11.8 Å². The van der Waals surface area contributed by atoms with Gasteiger partial charge in [-0.2, -0.15) is 0 Å². The number of hydrogen-bond acceptors (Lipinski definition) is 3. The number of benzene rings is 1. The van der Waals surface area contributed by atoms with Gasteiger partial charge in [-0.05, 0) is 79.5 Å². The van der Waals surface area contributed by atoms with Gasteiger partial charge in [0.2, 0.25) is 0 Å². The van der Waals surface area contributed by atoms with Gasteiger partial charge in [-0.1, -0.05) is 30.3 Å². The molecule has 3 heteroatoms. The van der Waals surface area contributed by atoms with Crippen LogP contribution in [0.1, 0.15) is 67.2 Å². The predicted octanol–water partition coefficient (Wildman–Crippen LogP) is 5.48.